The first-order valence-electron chi connectivity index (χ1n) is 8.31. The molecule has 1 aromatic heterocycles. The largest absolute Gasteiger partial charge is 0.475 e. The molecule has 0 radical (unpaired) electrons. The van der Waals surface area contributed by atoms with Crippen molar-refractivity contribution in [1.29, 1.82) is 0 Å². The van der Waals surface area contributed by atoms with Gasteiger partial charge in [0, 0.05) is 39.5 Å². The molecular weight excluding hydrogens is 292 g/mol. The number of aliphatic imine (C=N–C) groups is 1. The summed E-state index contributed by atoms with van der Waals surface area (Å²) in [7, 11) is 3.43. The molecule has 6 nitrogen and oxygen atoms in total. The molecule has 23 heavy (non-hydrogen) atoms. The minimum Gasteiger partial charge on any atom is -0.475 e. The minimum atomic E-state index is 0.510. The molecule has 0 spiro atoms. The minimum absolute atomic E-state index is 0.510. The van der Waals surface area contributed by atoms with E-state index in [0.29, 0.717) is 25.6 Å². The van der Waals surface area contributed by atoms with Gasteiger partial charge in [-0.3, -0.25) is 4.99 Å². The van der Waals surface area contributed by atoms with Gasteiger partial charge in [0.05, 0.1) is 6.61 Å². The molecule has 0 atom stereocenters. The highest BCUT2D eigenvalue weighted by molar-refractivity contribution is 5.79. The first kappa shape index (κ1) is 19.2. The molecule has 2 N–H and O–H groups in total. The molecule has 0 fully saturated rings. The summed E-state index contributed by atoms with van der Waals surface area (Å²) < 4.78 is 10.4. The van der Waals surface area contributed by atoms with Gasteiger partial charge in [0.1, 0.15) is 6.61 Å². The SMILES string of the molecule is CCCCCCNC(=NC)NCc1ccc(OCCOC)nc1. The molecule has 0 unspecified atom stereocenters. The normalized spacial score (nSPS) is 11.3. The van der Waals surface area contributed by atoms with Crippen LogP contribution in [0.1, 0.15) is 38.2 Å². The molecule has 0 aliphatic rings. The third-order valence-electron chi connectivity index (χ3n) is 3.34. The summed E-state index contributed by atoms with van der Waals surface area (Å²) >= 11 is 0. The Morgan fingerprint density at radius 1 is 1.17 bits per heavy atom. The van der Waals surface area contributed by atoms with Crippen LogP contribution in [0.15, 0.2) is 23.3 Å². The van der Waals surface area contributed by atoms with Crippen molar-refractivity contribution in [3.05, 3.63) is 23.9 Å². The van der Waals surface area contributed by atoms with Crippen molar-refractivity contribution in [2.45, 2.75) is 39.2 Å². The average molecular weight is 322 g/mol. The second-order valence-electron chi connectivity index (χ2n) is 5.26. The fraction of sp³-hybridized carbons (Fsp3) is 0.647. The molecule has 0 amide bonds. The van der Waals surface area contributed by atoms with Crippen molar-refractivity contribution in [2.75, 3.05) is 33.9 Å². The molecule has 6 heteroatoms. The quantitative estimate of drug-likeness (QED) is 0.372. The Morgan fingerprint density at radius 2 is 2.04 bits per heavy atom. The van der Waals surface area contributed by atoms with Gasteiger partial charge in [-0.05, 0) is 12.0 Å². The van der Waals surface area contributed by atoms with Crippen molar-refractivity contribution in [3.63, 3.8) is 0 Å². The zero-order valence-corrected chi connectivity index (χ0v) is 14.6. The molecule has 0 bridgehead atoms. The fourth-order valence-corrected chi connectivity index (χ4v) is 2.00. The highest BCUT2D eigenvalue weighted by Gasteiger charge is 2.00. The van der Waals surface area contributed by atoms with Crippen LogP contribution in [-0.2, 0) is 11.3 Å². The number of methoxy groups -OCH3 is 1. The molecule has 1 aromatic rings. The van der Waals surface area contributed by atoms with Crippen molar-refractivity contribution in [2.24, 2.45) is 4.99 Å². The maximum Gasteiger partial charge on any atom is 0.213 e. The van der Waals surface area contributed by atoms with Crippen LogP contribution in [0, 0.1) is 0 Å². The van der Waals surface area contributed by atoms with Crippen LogP contribution >= 0.6 is 0 Å². The lowest BCUT2D eigenvalue weighted by atomic mass is 10.2. The summed E-state index contributed by atoms with van der Waals surface area (Å²) in [6.07, 6.45) is 6.78. The Kier molecular flexibility index (Phi) is 10.6. The maximum absolute atomic E-state index is 5.44. The molecule has 0 aliphatic carbocycles. The third-order valence-corrected chi connectivity index (χ3v) is 3.34. The predicted molar refractivity (Wildman–Crippen MR) is 94.0 cm³/mol. The van der Waals surface area contributed by atoms with Crippen LogP contribution in [0.25, 0.3) is 0 Å². The number of ether oxygens (including phenoxy) is 2. The molecule has 130 valence electrons. The second kappa shape index (κ2) is 12.7. The number of nitrogens with one attached hydrogen (secondary N) is 2. The number of nitrogens with zero attached hydrogens (tertiary/aromatic N) is 2. The molecule has 0 aliphatic heterocycles. The van der Waals surface area contributed by atoms with E-state index in [-0.39, 0.29) is 0 Å². The second-order valence-corrected chi connectivity index (χ2v) is 5.26. The molecular formula is C17H30N4O2. The zero-order valence-electron chi connectivity index (χ0n) is 14.6. The number of guanidine groups is 1. The number of rotatable bonds is 11. The zero-order chi connectivity index (χ0) is 16.8. The number of hydrogen-bond acceptors (Lipinski definition) is 4. The molecule has 1 rings (SSSR count). The predicted octanol–water partition coefficient (Wildman–Crippen LogP) is 2.35. The average Bonchev–Trinajstić information content (AvgIpc) is 2.59. The summed E-state index contributed by atoms with van der Waals surface area (Å²) in [4.78, 5) is 8.50. The molecule has 0 saturated heterocycles. The number of hydrogen-bond donors (Lipinski definition) is 2. The van der Waals surface area contributed by atoms with Crippen LogP contribution in [0.5, 0.6) is 5.88 Å². The van der Waals surface area contributed by atoms with Crippen LogP contribution in [0.4, 0.5) is 0 Å². The number of unbranched alkanes of at least 4 members (excludes halogenated alkanes) is 3. The Morgan fingerprint density at radius 3 is 2.70 bits per heavy atom. The van der Waals surface area contributed by atoms with Crippen molar-refractivity contribution < 1.29 is 9.47 Å². The van der Waals surface area contributed by atoms with Gasteiger partial charge in [-0.2, -0.15) is 0 Å². The van der Waals surface area contributed by atoms with Crippen molar-refractivity contribution >= 4 is 5.96 Å². The molecule has 1 heterocycles. The van der Waals surface area contributed by atoms with Crippen molar-refractivity contribution in [3.8, 4) is 5.88 Å². The van der Waals surface area contributed by atoms with Gasteiger partial charge in [-0.15, -0.1) is 0 Å². The monoisotopic (exact) mass is 322 g/mol. The first-order chi connectivity index (χ1) is 11.3. The van der Waals surface area contributed by atoms with E-state index in [1.165, 1.54) is 25.7 Å². The van der Waals surface area contributed by atoms with E-state index in [4.69, 9.17) is 9.47 Å². The third kappa shape index (κ3) is 9.03. The van der Waals surface area contributed by atoms with Gasteiger partial charge >= 0.3 is 0 Å². The van der Waals surface area contributed by atoms with E-state index >= 15 is 0 Å². The van der Waals surface area contributed by atoms with Gasteiger partial charge in [0.25, 0.3) is 0 Å². The summed E-state index contributed by atoms with van der Waals surface area (Å²) in [6.45, 7) is 4.92. The van der Waals surface area contributed by atoms with E-state index < -0.39 is 0 Å². The Balaban J connectivity index is 2.26. The topological polar surface area (TPSA) is 67.8 Å². The van der Waals surface area contributed by atoms with E-state index in [0.717, 1.165) is 18.1 Å². The van der Waals surface area contributed by atoms with E-state index in [9.17, 15) is 0 Å². The highest BCUT2D eigenvalue weighted by atomic mass is 16.5. The Labute approximate surface area is 139 Å². The Hall–Kier alpha value is -1.82. The van der Waals surface area contributed by atoms with Crippen molar-refractivity contribution in [1.82, 2.24) is 15.6 Å². The van der Waals surface area contributed by atoms with Gasteiger partial charge in [0.15, 0.2) is 5.96 Å². The van der Waals surface area contributed by atoms with Gasteiger partial charge in [-0.25, -0.2) is 4.98 Å². The van der Waals surface area contributed by atoms with Crippen LogP contribution in [0.3, 0.4) is 0 Å². The summed E-state index contributed by atoms with van der Waals surface area (Å²) in [5.41, 5.74) is 1.08. The van der Waals surface area contributed by atoms with E-state index in [1.807, 2.05) is 18.3 Å². The van der Waals surface area contributed by atoms with Crippen LogP contribution < -0.4 is 15.4 Å². The van der Waals surface area contributed by atoms with Gasteiger partial charge < -0.3 is 20.1 Å². The number of aromatic nitrogens is 1. The lowest BCUT2D eigenvalue weighted by Gasteiger charge is -2.12. The van der Waals surface area contributed by atoms with Gasteiger partial charge in [-0.1, -0.05) is 32.3 Å². The lowest BCUT2D eigenvalue weighted by molar-refractivity contribution is 0.143. The summed E-state index contributed by atoms with van der Waals surface area (Å²) in [6, 6.07) is 3.87. The smallest absolute Gasteiger partial charge is 0.213 e. The summed E-state index contributed by atoms with van der Waals surface area (Å²) in [5.74, 6) is 1.44. The fourth-order valence-electron chi connectivity index (χ4n) is 2.00. The van der Waals surface area contributed by atoms with Crippen LogP contribution in [0.2, 0.25) is 0 Å². The highest BCUT2D eigenvalue weighted by Crippen LogP contribution is 2.07. The maximum atomic E-state index is 5.44. The molecule has 0 saturated carbocycles. The molecule has 0 aromatic carbocycles. The van der Waals surface area contributed by atoms with Crippen LogP contribution in [-0.4, -0.2) is 44.9 Å². The standard InChI is InChI=1S/C17H30N4O2/c1-4-5-6-7-10-19-17(18-2)21-14-15-8-9-16(20-13-15)23-12-11-22-3/h8-9,13H,4-7,10-12,14H2,1-3H3,(H2,18,19,21). The van der Waals surface area contributed by atoms with E-state index in [1.54, 1.807) is 14.2 Å². The van der Waals surface area contributed by atoms with Gasteiger partial charge in [0.2, 0.25) is 5.88 Å². The summed E-state index contributed by atoms with van der Waals surface area (Å²) in [5, 5.41) is 6.61. The van der Waals surface area contributed by atoms with E-state index in [2.05, 4.69) is 27.5 Å². The lowest BCUT2D eigenvalue weighted by Crippen LogP contribution is -2.37. The first-order valence-corrected chi connectivity index (χ1v) is 8.31. The number of pyridine rings is 1. The Bertz CT molecular complexity index is 435.